The number of ether oxygens (including phenoxy) is 3. The van der Waals surface area contributed by atoms with Crippen LogP contribution in [-0.2, 0) is 28.6 Å². The summed E-state index contributed by atoms with van der Waals surface area (Å²) in [6, 6.07) is 0. The zero-order valence-corrected chi connectivity index (χ0v) is 48.7. The van der Waals surface area contributed by atoms with Crippen molar-refractivity contribution in [1.29, 1.82) is 0 Å². The molecule has 426 valence electrons. The normalized spacial score (nSPS) is 13.2. The maximum Gasteiger partial charge on any atom is 0.306 e. The molecule has 0 aromatic heterocycles. The van der Waals surface area contributed by atoms with E-state index in [0.717, 1.165) is 193 Å². The van der Waals surface area contributed by atoms with Crippen LogP contribution in [0.4, 0.5) is 0 Å². The first-order valence-corrected chi connectivity index (χ1v) is 30.5. The molecule has 0 bridgehead atoms. The van der Waals surface area contributed by atoms with Crippen molar-refractivity contribution in [2.24, 2.45) is 0 Å². The molecule has 1 atom stereocenters. The number of esters is 3. The molecule has 6 heteroatoms. The summed E-state index contributed by atoms with van der Waals surface area (Å²) in [5.74, 6) is -0.956. The predicted octanol–water partition coefficient (Wildman–Crippen LogP) is 20.9. The van der Waals surface area contributed by atoms with E-state index in [2.05, 4.69) is 179 Å². The summed E-state index contributed by atoms with van der Waals surface area (Å²) < 4.78 is 16.8. The molecule has 0 amide bonds. The van der Waals surface area contributed by atoms with Crippen molar-refractivity contribution in [2.75, 3.05) is 13.2 Å². The van der Waals surface area contributed by atoms with Gasteiger partial charge in [-0.25, -0.2) is 0 Å². The Labute approximate surface area is 467 Å². The number of rotatable bonds is 53. The SMILES string of the molecule is CC/C=C\C/C=C\C/C=C\C/C=C\C/C=C\C/C=C\C/C=C\C/C=C\C/C=C\CCCCCCCC(=O)OCC(COC(=O)CCCCCCC/C=C\CCC)OC(=O)CCCCCCC/C=C\C/C=C\C/C=C\CC. The van der Waals surface area contributed by atoms with Gasteiger partial charge in [-0.15, -0.1) is 0 Å². The Kier molecular flexibility index (Phi) is 58.5. The Bertz CT molecular complexity index is 1720. The van der Waals surface area contributed by atoms with Crippen molar-refractivity contribution < 1.29 is 28.6 Å². The largest absolute Gasteiger partial charge is 0.462 e. The van der Waals surface area contributed by atoms with Gasteiger partial charge in [-0.2, -0.15) is 0 Å². The van der Waals surface area contributed by atoms with Crippen molar-refractivity contribution >= 4 is 17.9 Å². The van der Waals surface area contributed by atoms with Crippen LogP contribution in [0.1, 0.15) is 245 Å². The van der Waals surface area contributed by atoms with Crippen LogP contribution in [0.2, 0.25) is 0 Å². The second-order valence-electron chi connectivity index (χ2n) is 19.5. The summed E-state index contributed by atoms with van der Waals surface area (Å²) in [5, 5.41) is 0. The van der Waals surface area contributed by atoms with Crippen LogP contribution in [0.25, 0.3) is 0 Å². The van der Waals surface area contributed by atoms with Gasteiger partial charge in [0, 0.05) is 19.3 Å². The molecule has 76 heavy (non-hydrogen) atoms. The first-order chi connectivity index (χ1) is 37.5. The van der Waals surface area contributed by atoms with Gasteiger partial charge >= 0.3 is 17.9 Å². The Morgan fingerprint density at radius 3 is 0.816 bits per heavy atom. The van der Waals surface area contributed by atoms with Crippen LogP contribution in [0.3, 0.4) is 0 Å². The molecule has 0 spiro atoms. The van der Waals surface area contributed by atoms with E-state index < -0.39 is 6.10 Å². The third kappa shape index (κ3) is 59.9. The Morgan fingerprint density at radius 1 is 0.276 bits per heavy atom. The lowest BCUT2D eigenvalue weighted by atomic mass is 10.1. The summed E-state index contributed by atoms with van der Waals surface area (Å²) in [7, 11) is 0. The van der Waals surface area contributed by atoms with Crippen LogP contribution >= 0.6 is 0 Å². The fourth-order valence-electron chi connectivity index (χ4n) is 7.74. The van der Waals surface area contributed by atoms with Gasteiger partial charge in [-0.3, -0.25) is 14.4 Å². The summed E-state index contributed by atoms with van der Waals surface area (Å²) >= 11 is 0. The van der Waals surface area contributed by atoms with Crippen LogP contribution in [0.15, 0.2) is 158 Å². The van der Waals surface area contributed by atoms with E-state index in [-0.39, 0.29) is 31.1 Å². The van der Waals surface area contributed by atoms with Crippen LogP contribution in [-0.4, -0.2) is 37.2 Å². The first-order valence-electron chi connectivity index (χ1n) is 30.5. The van der Waals surface area contributed by atoms with Crippen LogP contribution < -0.4 is 0 Å². The number of allylic oxidation sites excluding steroid dienone is 26. The number of hydrogen-bond donors (Lipinski definition) is 0. The zero-order chi connectivity index (χ0) is 55.0. The van der Waals surface area contributed by atoms with Gasteiger partial charge in [0.1, 0.15) is 13.2 Å². The smallest absolute Gasteiger partial charge is 0.306 e. The lowest BCUT2D eigenvalue weighted by Crippen LogP contribution is -2.30. The molecule has 0 aromatic carbocycles. The molecule has 1 unspecified atom stereocenters. The summed E-state index contributed by atoms with van der Waals surface area (Å²) in [4.78, 5) is 38.1. The average molecular weight is 1050 g/mol. The highest BCUT2D eigenvalue weighted by molar-refractivity contribution is 5.71. The molecule has 0 rings (SSSR count). The number of unbranched alkanes of at least 4 members (excludes halogenated alkanes) is 16. The topological polar surface area (TPSA) is 78.9 Å². The lowest BCUT2D eigenvalue weighted by molar-refractivity contribution is -0.167. The van der Waals surface area contributed by atoms with E-state index in [4.69, 9.17) is 14.2 Å². The van der Waals surface area contributed by atoms with E-state index >= 15 is 0 Å². The van der Waals surface area contributed by atoms with Crippen molar-refractivity contribution in [3.63, 3.8) is 0 Å². The minimum absolute atomic E-state index is 0.102. The van der Waals surface area contributed by atoms with Crippen LogP contribution in [0.5, 0.6) is 0 Å². The third-order valence-corrected chi connectivity index (χ3v) is 12.2. The Hall–Kier alpha value is -4.97. The van der Waals surface area contributed by atoms with Crippen molar-refractivity contribution in [3.05, 3.63) is 158 Å². The first kappa shape index (κ1) is 71.0. The highest BCUT2D eigenvalue weighted by Gasteiger charge is 2.19. The molecule has 0 aliphatic rings. The summed E-state index contributed by atoms with van der Waals surface area (Å²) in [6.45, 7) is 6.30. The van der Waals surface area contributed by atoms with Gasteiger partial charge in [0.05, 0.1) is 0 Å². The molecule has 0 N–H and O–H groups in total. The molecular formula is C70H110O6. The van der Waals surface area contributed by atoms with Gasteiger partial charge in [0.15, 0.2) is 6.10 Å². The minimum Gasteiger partial charge on any atom is -0.462 e. The fourth-order valence-corrected chi connectivity index (χ4v) is 7.74. The monoisotopic (exact) mass is 1050 g/mol. The minimum atomic E-state index is -0.805. The Balaban J connectivity index is 4.30. The van der Waals surface area contributed by atoms with Crippen molar-refractivity contribution in [2.45, 2.75) is 252 Å². The number of hydrogen-bond acceptors (Lipinski definition) is 6. The second kappa shape index (κ2) is 62.6. The maximum absolute atomic E-state index is 12.8. The van der Waals surface area contributed by atoms with Gasteiger partial charge in [0.25, 0.3) is 0 Å². The van der Waals surface area contributed by atoms with E-state index in [1.807, 2.05) is 0 Å². The molecule has 0 heterocycles. The van der Waals surface area contributed by atoms with Gasteiger partial charge in [0.2, 0.25) is 0 Å². The molecule has 0 saturated carbocycles. The van der Waals surface area contributed by atoms with Gasteiger partial charge < -0.3 is 14.2 Å². The molecule has 0 aliphatic heterocycles. The number of carbonyl (C=O) groups excluding carboxylic acids is 3. The highest BCUT2D eigenvalue weighted by Crippen LogP contribution is 2.13. The molecule has 0 fully saturated rings. The second-order valence-corrected chi connectivity index (χ2v) is 19.5. The lowest BCUT2D eigenvalue weighted by Gasteiger charge is -2.18. The fraction of sp³-hybridized carbons (Fsp3) is 0.586. The summed E-state index contributed by atoms with van der Waals surface area (Å²) in [5.41, 5.74) is 0. The zero-order valence-electron chi connectivity index (χ0n) is 48.7. The predicted molar refractivity (Wildman–Crippen MR) is 329 cm³/mol. The molecule has 0 radical (unpaired) electrons. The van der Waals surface area contributed by atoms with Crippen molar-refractivity contribution in [3.8, 4) is 0 Å². The standard InChI is InChI=1S/C70H110O6/c1-4-7-10-13-16-19-22-24-26-27-28-29-30-31-32-33-34-35-36-37-38-39-40-41-42-43-45-46-48-51-54-57-60-63-69(72)75-66-67(65-74-68(71)62-59-56-53-50-21-18-15-12-9-6-3)76-70(73)64-61-58-55-52-49-47-44-25-23-20-17-14-11-8-5-2/h7-8,10-12,15-17,19-20,24-26,28-29,31-32,34-35,37-38,40-41,43-45,67H,4-6,9,13-14,18,21-23,27,30,33,36,39,42,46-66H2,1-3H3/b10-7-,11-8-,15-12-,19-16-,20-17-,26-24-,29-28-,32-31-,35-34-,38-37-,41-40-,44-25-,45-43-. The third-order valence-electron chi connectivity index (χ3n) is 12.2. The molecule has 6 nitrogen and oxygen atoms in total. The molecule has 0 aliphatic carbocycles. The van der Waals surface area contributed by atoms with E-state index in [9.17, 15) is 14.4 Å². The van der Waals surface area contributed by atoms with Crippen molar-refractivity contribution in [1.82, 2.24) is 0 Å². The summed E-state index contributed by atoms with van der Waals surface area (Å²) in [6.07, 6.45) is 91.1. The van der Waals surface area contributed by atoms with Gasteiger partial charge in [-0.05, 0) is 141 Å². The molecular weight excluding hydrogens is 937 g/mol. The van der Waals surface area contributed by atoms with Crippen LogP contribution in [0, 0.1) is 0 Å². The van der Waals surface area contributed by atoms with Gasteiger partial charge in [-0.1, -0.05) is 243 Å². The average Bonchev–Trinajstić information content (AvgIpc) is 3.42. The van der Waals surface area contributed by atoms with E-state index in [1.54, 1.807) is 0 Å². The quantitative estimate of drug-likeness (QED) is 0.0261. The highest BCUT2D eigenvalue weighted by atomic mass is 16.6. The Morgan fingerprint density at radius 2 is 0.513 bits per heavy atom. The molecule has 0 aromatic rings. The molecule has 0 saturated heterocycles. The maximum atomic E-state index is 12.8. The van der Waals surface area contributed by atoms with E-state index in [0.29, 0.717) is 19.3 Å². The van der Waals surface area contributed by atoms with E-state index in [1.165, 1.54) is 12.8 Å². The number of carbonyl (C=O) groups is 3.